The molecule has 2 aromatic rings. The first-order valence-electron chi connectivity index (χ1n) is 6.05. The monoisotopic (exact) mass is 330 g/mol. The fourth-order valence-corrected chi connectivity index (χ4v) is 4.20. The van der Waals surface area contributed by atoms with Crippen molar-refractivity contribution in [1.82, 2.24) is 9.88 Å². The van der Waals surface area contributed by atoms with Crippen LogP contribution in [0.25, 0.3) is 0 Å². The second-order valence-electron chi connectivity index (χ2n) is 4.37. The maximum atomic E-state index is 12.1. The molecular weight excluding hydrogens is 316 g/mol. The lowest BCUT2D eigenvalue weighted by Gasteiger charge is -2.06. The molecule has 0 atom stereocenters. The first-order chi connectivity index (χ1) is 9.83. The van der Waals surface area contributed by atoms with Crippen molar-refractivity contribution in [2.24, 2.45) is 0 Å². The standard InChI is InChI=1S/C12H14N2O5S2/c1-7-9(8(2)19-14-7)3-5-13-21(17,18)10-4-6-20-11(10)12(15)16/h4,6,13H,3,5H2,1-2H3,(H,15,16). The third kappa shape index (κ3) is 3.31. The molecule has 21 heavy (non-hydrogen) atoms. The molecule has 2 N–H and O–H groups in total. The molecule has 7 nitrogen and oxygen atoms in total. The van der Waals surface area contributed by atoms with E-state index in [1.165, 1.54) is 11.4 Å². The highest BCUT2D eigenvalue weighted by Gasteiger charge is 2.23. The third-order valence-electron chi connectivity index (χ3n) is 2.96. The minimum absolute atomic E-state index is 0.139. The summed E-state index contributed by atoms with van der Waals surface area (Å²) >= 11 is 0.877. The first kappa shape index (κ1) is 15.7. The van der Waals surface area contributed by atoms with Gasteiger partial charge >= 0.3 is 5.97 Å². The predicted molar refractivity (Wildman–Crippen MR) is 76.1 cm³/mol. The molecule has 0 radical (unpaired) electrons. The molecular formula is C12H14N2O5S2. The Labute approximate surface area is 125 Å². The summed E-state index contributed by atoms with van der Waals surface area (Å²) in [6.07, 6.45) is 0.424. The van der Waals surface area contributed by atoms with Crippen LogP contribution in [-0.2, 0) is 16.4 Å². The molecule has 0 aliphatic rings. The molecule has 9 heteroatoms. The van der Waals surface area contributed by atoms with E-state index < -0.39 is 16.0 Å². The average molecular weight is 330 g/mol. The van der Waals surface area contributed by atoms with Gasteiger partial charge in [-0.15, -0.1) is 11.3 Å². The smallest absolute Gasteiger partial charge is 0.347 e. The largest absolute Gasteiger partial charge is 0.477 e. The lowest BCUT2D eigenvalue weighted by atomic mass is 10.1. The lowest BCUT2D eigenvalue weighted by Crippen LogP contribution is -2.27. The van der Waals surface area contributed by atoms with Gasteiger partial charge in [-0.3, -0.25) is 0 Å². The van der Waals surface area contributed by atoms with E-state index in [1.807, 2.05) is 0 Å². The number of carbonyl (C=O) groups is 1. The number of hydrogen-bond donors (Lipinski definition) is 2. The van der Waals surface area contributed by atoms with Gasteiger partial charge in [-0.2, -0.15) is 0 Å². The highest BCUT2D eigenvalue weighted by atomic mass is 32.2. The van der Waals surface area contributed by atoms with Gasteiger partial charge in [0.25, 0.3) is 0 Å². The quantitative estimate of drug-likeness (QED) is 0.832. The van der Waals surface area contributed by atoms with Crippen molar-refractivity contribution in [1.29, 1.82) is 0 Å². The van der Waals surface area contributed by atoms with E-state index >= 15 is 0 Å². The predicted octanol–water partition coefficient (Wildman–Crippen LogP) is 1.57. The summed E-state index contributed by atoms with van der Waals surface area (Å²) in [5.74, 6) is -0.607. The number of hydrogen-bond acceptors (Lipinski definition) is 6. The Morgan fingerprint density at radius 3 is 2.76 bits per heavy atom. The van der Waals surface area contributed by atoms with E-state index in [0.29, 0.717) is 17.9 Å². The Kier molecular flexibility index (Phi) is 4.45. The van der Waals surface area contributed by atoms with Crippen LogP contribution in [0.2, 0.25) is 0 Å². The van der Waals surface area contributed by atoms with Crippen LogP contribution < -0.4 is 4.72 Å². The molecule has 114 valence electrons. The summed E-state index contributed by atoms with van der Waals surface area (Å²) in [5.41, 5.74) is 1.56. The van der Waals surface area contributed by atoms with Crippen LogP contribution in [0.4, 0.5) is 0 Å². The van der Waals surface area contributed by atoms with Crippen LogP contribution in [0.3, 0.4) is 0 Å². The van der Waals surface area contributed by atoms with Gasteiger partial charge in [0.05, 0.1) is 5.69 Å². The SMILES string of the molecule is Cc1noc(C)c1CCNS(=O)(=O)c1ccsc1C(=O)O. The Bertz CT molecular complexity index is 741. The highest BCUT2D eigenvalue weighted by molar-refractivity contribution is 7.89. The summed E-state index contributed by atoms with van der Waals surface area (Å²) < 4.78 is 31.6. The number of aryl methyl sites for hydroxylation is 2. The van der Waals surface area contributed by atoms with Gasteiger partial charge in [0.1, 0.15) is 15.5 Å². The van der Waals surface area contributed by atoms with E-state index in [-0.39, 0.29) is 16.3 Å². The van der Waals surface area contributed by atoms with Crippen molar-refractivity contribution in [2.75, 3.05) is 6.54 Å². The maximum Gasteiger partial charge on any atom is 0.347 e. The molecule has 0 spiro atoms. The normalized spacial score (nSPS) is 11.7. The van der Waals surface area contributed by atoms with Gasteiger partial charge in [-0.05, 0) is 31.7 Å². The number of sulfonamides is 1. The van der Waals surface area contributed by atoms with E-state index in [9.17, 15) is 13.2 Å². The third-order valence-corrected chi connectivity index (χ3v) is 5.50. The number of nitrogens with one attached hydrogen (secondary N) is 1. The van der Waals surface area contributed by atoms with Crippen molar-refractivity contribution in [3.8, 4) is 0 Å². The molecule has 0 unspecified atom stereocenters. The van der Waals surface area contributed by atoms with Crippen molar-refractivity contribution in [3.05, 3.63) is 33.3 Å². The van der Waals surface area contributed by atoms with Crippen molar-refractivity contribution in [3.63, 3.8) is 0 Å². The molecule has 0 fully saturated rings. The van der Waals surface area contributed by atoms with Crippen molar-refractivity contribution >= 4 is 27.3 Å². The molecule has 2 aromatic heterocycles. The molecule has 2 heterocycles. The first-order valence-corrected chi connectivity index (χ1v) is 8.41. The Morgan fingerprint density at radius 1 is 1.48 bits per heavy atom. The van der Waals surface area contributed by atoms with Crippen LogP contribution in [0.15, 0.2) is 20.9 Å². The van der Waals surface area contributed by atoms with Gasteiger partial charge in [-0.1, -0.05) is 5.16 Å². The zero-order valence-electron chi connectivity index (χ0n) is 11.4. The Morgan fingerprint density at radius 2 is 2.19 bits per heavy atom. The van der Waals surface area contributed by atoms with Gasteiger partial charge in [-0.25, -0.2) is 17.9 Å². The molecule has 0 aliphatic carbocycles. The van der Waals surface area contributed by atoms with Crippen LogP contribution in [0.1, 0.15) is 26.7 Å². The molecule has 0 amide bonds. The number of rotatable bonds is 6. The van der Waals surface area contributed by atoms with Crippen LogP contribution >= 0.6 is 11.3 Å². The maximum absolute atomic E-state index is 12.1. The molecule has 0 bridgehead atoms. The molecule has 2 rings (SSSR count). The van der Waals surface area contributed by atoms with Gasteiger partial charge in [0.15, 0.2) is 0 Å². The summed E-state index contributed by atoms with van der Waals surface area (Å²) in [4.78, 5) is 10.6. The Hall–Kier alpha value is -1.71. The fraction of sp³-hybridized carbons (Fsp3) is 0.333. The second-order valence-corrected chi connectivity index (χ2v) is 7.02. The number of nitrogens with zero attached hydrogens (tertiary/aromatic N) is 1. The van der Waals surface area contributed by atoms with E-state index in [0.717, 1.165) is 16.9 Å². The summed E-state index contributed by atoms with van der Waals surface area (Å²) in [5, 5.41) is 14.2. The van der Waals surface area contributed by atoms with Gasteiger partial charge in [0.2, 0.25) is 10.0 Å². The molecule has 0 aliphatic heterocycles. The lowest BCUT2D eigenvalue weighted by molar-refractivity contribution is 0.0698. The Balaban J connectivity index is 2.09. The van der Waals surface area contributed by atoms with Crippen molar-refractivity contribution < 1.29 is 22.8 Å². The molecule has 0 aromatic carbocycles. The number of carboxylic acid groups (broad SMARTS) is 1. The zero-order chi connectivity index (χ0) is 15.6. The number of aromatic nitrogens is 1. The average Bonchev–Trinajstić information content (AvgIpc) is 3.00. The summed E-state index contributed by atoms with van der Waals surface area (Å²) in [6, 6.07) is 1.28. The zero-order valence-corrected chi connectivity index (χ0v) is 13.0. The molecule has 0 saturated heterocycles. The highest BCUT2D eigenvalue weighted by Crippen LogP contribution is 2.21. The van der Waals surface area contributed by atoms with Crippen LogP contribution in [-0.4, -0.2) is 31.2 Å². The van der Waals surface area contributed by atoms with Gasteiger partial charge in [0, 0.05) is 12.1 Å². The minimum Gasteiger partial charge on any atom is -0.477 e. The van der Waals surface area contributed by atoms with Crippen LogP contribution in [0.5, 0.6) is 0 Å². The minimum atomic E-state index is -3.84. The fourth-order valence-electron chi connectivity index (χ4n) is 1.91. The summed E-state index contributed by atoms with van der Waals surface area (Å²) in [6.45, 7) is 3.67. The number of aromatic carboxylic acids is 1. The number of thiophene rings is 1. The van der Waals surface area contributed by atoms with Crippen LogP contribution in [0, 0.1) is 13.8 Å². The van der Waals surface area contributed by atoms with E-state index in [4.69, 9.17) is 9.63 Å². The van der Waals surface area contributed by atoms with E-state index in [2.05, 4.69) is 9.88 Å². The molecule has 0 saturated carbocycles. The summed E-state index contributed by atoms with van der Waals surface area (Å²) in [7, 11) is -3.84. The van der Waals surface area contributed by atoms with Crippen molar-refractivity contribution in [2.45, 2.75) is 25.2 Å². The van der Waals surface area contributed by atoms with Gasteiger partial charge < -0.3 is 9.63 Å². The number of carboxylic acids is 1. The van der Waals surface area contributed by atoms with E-state index in [1.54, 1.807) is 13.8 Å². The topological polar surface area (TPSA) is 110 Å². The second kappa shape index (κ2) is 5.96.